The van der Waals surface area contributed by atoms with Gasteiger partial charge in [0.15, 0.2) is 0 Å². The molecule has 8 nitrogen and oxygen atoms in total. The number of aliphatic carboxylic acids is 1. The number of carbonyl (C=O) groups is 3. The molecule has 3 N–H and O–H groups in total. The van der Waals surface area contributed by atoms with Crippen LogP contribution in [0.25, 0.3) is 11.1 Å². The van der Waals surface area contributed by atoms with Gasteiger partial charge in [0, 0.05) is 19.4 Å². The predicted octanol–water partition coefficient (Wildman–Crippen LogP) is 4.08. The molecule has 0 radical (unpaired) electrons. The highest BCUT2D eigenvalue weighted by molar-refractivity contribution is 5.92. The zero-order valence-corrected chi connectivity index (χ0v) is 20.9. The second-order valence-corrected chi connectivity index (χ2v) is 9.67. The number of amides is 2. The first-order valence-electron chi connectivity index (χ1n) is 11.7. The van der Waals surface area contributed by atoms with Gasteiger partial charge in [-0.3, -0.25) is 4.79 Å². The van der Waals surface area contributed by atoms with E-state index in [0.717, 1.165) is 22.3 Å². The summed E-state index contributed by atoms with van der Waals surface area (Å²) in [7, 11) is 1.48. The van der Waals surface area contributed by atoms with E-state index in [0.29, 0.717) is 0 Å². The second-order valence-electron chi connectivity index (χ2n) is 9.67. The van der Waals surface area contributed by atoms with E-state index < -0.39 is 35.2 Å². The molecule has 0 fully saturated rings. The molecular weight excluding hydrogens is 448 g/mol. The van der Waals surface area contributed by atoms with Crippen LogP contribution in [0.5, 0.6) is 0 Å². The van der Waals surface area contributed by atoms with Crippen molar-refractivity contribution in [2.24, 2.45) is 0 Å². The molecule has 0 bridgehead atoms. The summed E-state index contributed by atoms with van der Waals surface area (Å²) in [5.74, 6) is -1.89. The number of ether oxygens (including phenoxy) is 2. The summed E-state index contributed by atoms with van der Waals surface area (Å²) in [6.45, 7) is 6.87. The fourth-order valence-electron chi connectivity index (χ4n) is 4.26. The Labute approximate surface area is 206 Å². The summed E-state index contributed by atoms with van der Waals surface area (Å²) < 4.78 is 10.9. The second kappa shape index (κ2) is 10.5. The zero-order valence-electron chi connectivity index (χ0n) is 20.9. The summed E-state index contributed by atoms with van der Waals surface area (Å²) in [5, 5.41) is 14.8. The lowest BCUT2D eigenvalue weighted by atomic mass is 9.94. The molecule has 0 aromatic heterocycles. The van der Waals surface area contributed by atoms with Crippen LogP contribution in [0, 0.1) is 0 Å². The van der Waals surface area contributed by atoms with Crippen molar-refractivity contribution < 1.29 is 29.0 Å². The van der Waals surface area contributed by atoms with Crippen molar-refractivity contribution in [2.75, 3.05) is 13.7 Å². The van der Waals surface area contributed by atoms with Crippen molar-refractivity contribution in [3.63, 3.8) is 0 Å². The van der Waals surface area contributed by atoms with Crippen LogP contribution in [0.3, 0.4) is 0 Å². The van der Waals surface area contributed by atoms with E-state index in [1.54, 1.807) is 27.7 Å². The molecule has 0 saturated carbocycles. The van der Waals surface area contributed by atoms with Crippen molar-refractivity contribution >= 4 is 18.0 Å². The van der Waals surface area contributed by atoms with E-state index in [1.807, 2.05) is 36.4 Å². The van der Waals surface area contributed by atoms with Crippen molar-refractivity contribution in [3.8, 4) is 11.1 Å². The van der Waals surface area contributed by atoms with Gasteiger partial charge in [0.2, 0.25) is 5.91 Å². The Hall–Kier alpha value is -3.39. The van der Waals surface area contributed by atoms with Crippen LogP contribution in [0.15, 0.2) is 48.5 Å². The summed E-state index contributed by atoms with van der Waals surface area (Å²) in [6.07, 6.45) is -0.436. The molecular formula is C27H34N2O6. The summed E-state index contributed by atoms with van der Waals surface area (Å²) in [5.41, 5.74) is 2.31. The fraction of sp³-hybridized carbons (Fsp3) is 0.444. The number of hydrogen-bond acceptors (Lipinski definition) is 5. The molecule has 8 heteroatoms. The molecule has 3 rings (SSSR count). The normalized spacial score (nSPS) is 15.3. The average Bonchev–Trinajstić information content (AvgIpc) is 3.15. The molecule has 2 aromatic rings. The number of carboxylic acids is 1. The first-order chi connectivity index (χ1) is 16.5. The third-order valence-corrected chi connectivity index (χ3v) is 6.78. The average molecular weight is 483 g/mol. The van der Waals surface area contributed by atoms with Gasteiger partial charge in [-0.1, -0.05) is 55.5 Å². The lowest BCUT2D eigenvalue weighted by molar-refractivity contribution is -0.145. The number of carbonyl (C=O) groups excluding carboxylic acids is 2. The lowest BCUT2D eigenvalue weighted by Crippen LogP contribution is -2.60. The number of rotatable bonds is 10. The van der Waals surface area contributed by atoms with E-state index in [2.05, 4.69) is 22.8 Å². The maximum absolute atomic E-state index is 13.0. The first kappa shape index (κ1) is 26.2. The van der Waals surface area contributed by atoms with Gasteiger partial charge in [-0.15, -0.1) is 0 Å². The molecule has 0 saturated heterocycles. The standard InChI is InChI=1S/C27H34N2O6/c1-6-27(4,24(32)28-22(23(30)31)15-26(2,3)34-5)29-25(33)35-16-21-19-13-9-7-11-17(19)18-12-8-10-14-20(18)21/h7-14,21-22H,6,15-16H2,1-5H3,(H,28,32)(H,29,33)(H,30,31). The van der Waals surface area contributed by atoms with Crippen LogP contribution < -0.4 is 10.6 Å². The minimum Gasteiger partial charge on any atom is -0.480 e. The lowest BCUT2D eigenvalue weighted by Gasteiger charge is -2.32. The largest absolute Gasteiger partial charge is 0.480 e. The molecule has 35 heavy (non-hydrogen) atoms. The van der Waals surface area contributed by atoms with Gasteiger partial charge in [-0.2, -0.15) is 0 Å². The van der Waals surface area contributed by atoms with E-state index in [-0.39, 0.29) is 25.4 Å². The van der Waals surface area contributed by atoms with Gasteiger partial charge in [0.05, 0.1) is 5.60 Å². The molecule has 2 aromatic carbocycles. The molecule has 1 aliphatic rings. The molecule has 188 valence electrons. The molecule has 2 atom stereocenters. The number of benzene rings is 2. The highest BCUT2D eigenvalue weighted by Crippen LogP contribution is 2.44. The SMILES string of the molecule is CCC(C)(NC(=O)OCC1c2ccccc2-c2ccccc21)C(=O)NC(CC(C)(C)OC)C(=O)O. The predicted molar refractivity (Wildman–Crippen MR) is 132 cm³/mol. The van der Waals surface area contributed by atoms with Gasteiger partial charge in [0.25, 0.3) is 0 Å². The highest BCUT2D eigenvalue weighted by Gasteiger charge is 2.38. The molecule has 0 aliphatic heterocycles. The number of alkyl carbamates (subject to hydrolysis) is 1. The highest BCUT2D eigenvalue weighted by atomic mass is 16.5. The zero-order chi connectivity index (χ0) is 25.8. The molecule has 2 amide bonds. The molecule has 2 unspecified atom stereocenters. The quantitative estimate of drug-likeness (QED) is 0.470. The topological polar surface area (TPSA) is 114 Å². The maximum Gasteiger partial charge on any atom is 0.408 e. The Kier molecular flexibility index (Phi) is 7.85. The number of hydrogen-bond donors (Lipinski definition) is 3. The van der Waals surface area contributed by atoms with Crippen molar-refractivity contribution in [1.29, 1.82) is 0 Å². The molecule has 0 heterocycles. The first-order valence-corrected chi connectivity index (χ1v) is 11.7. The fourth-order valence-corrected chi connectivity index (χ4v) is 4.26. The Morgan fingerprint density at radius 1 is 1.00 bits per heavy atom. The smallest absolute Gasteiger partial charge is 0.408 e. The van der Waals surface area contributed by atoms with Gasteiger partial charge >= 0.3 is 12.1 Å². The van der Waals surface area contributed by atoms with E-state index >= 15 is 0 Å². The Morgan fingerprint density at radius 3 is 2.03 bits per heavy atom. The Morgan fingerprint density at radius 2 is 1.54 bits per heavy atom. The number of methoxy groups -OCH3 is 1. The molecule has 0 spiro atoms. The minimum absolute atomic E-state index is 0.0648. The van der Waals surface area contributed by atoms with Crippen molar-refractivity contribution in [2.45, 2.75) is 63.6 Å². The van der Waals surface area contributed by atoms with Crippen LogP contribution in [0.1, 0.15) is 57.6 Å². The van der Waals surface area contributed by atoms with Crippen LogP contribution in [0.2, 0.25) is 0 Å². The van der Waals surface area contributed by atoms with E-state index in [4.69, 9.17) is 9.47 Å². The van der Waals surface area contributed by atoms with Crippen LogP contribution in [0.4, 0.5) is 4.79 Å². The van der Waals surface area contributed by atoms with Crippen molar-refractivity contribution in [1.82, 2.24) is 10.6 Å². The van der Waals surface area contributed by atoms with E-state index in [9.17, 15) is 19.5 Å². The van der Waals surface area contributed by atoms with E-state index in [1.165, 1.54) is 7.11 Å². The van der Waals surface area contributed by atoms with Crippen LogP contribution in [-0.4, -0.2) is 54.0 Å². The van der Waals surface area contributed by atoms with Gasteiger partial charge in [-0.25, -0.2) is 9.59 Å². The number of nitrogens with one attached hydrogen (secondary N) is 2. The van der Waals surface area contributed by atoms with Gasteiger partial charge in [-0.05, 0) is 49.4 Å². The third kappa shape index (κ3) is 5.82. The number of carboxylic acid groups (broad SMARTS) is 1. The van der Waals surface area contributed by atoms with Gasteiger partial charge in [0.1, 0.15) is 18.2 Å². The monoisotopic (exact) mass is 482 g/mol. The molecule has 1 aliphatic carbocycles. The summed E-state index contributed by atoms with van der Waals surface area (Å²) in [6, 6.07) is 14.9. The summed E-state index contributed by atoms with van der Waals surface area (Å²) >= 11 is 0. The van der Waals surface area contributed by atoms with Gasteiger partial charge < -0.3 is 25.2 Å². The number of fused-ring (bicyclic) bond motifs is 3. The maximum atomic E-state index is 13.0. The Balaban J connectivity index is 1.67. The third-order valence-electron chi connectivity index (χ3n) is 6.78. The van der Waals surface area contributed by atoms with Crippen LogP contribution >= 0.6 is 0 Å². The summed E-state index contributed by atoms with van der Waals surface area (Å²) in [4.78, 5) is 37.5. The minimum atomic E-state index is -1.35. The van der Waals surface area contributed by atoms with Crippen molar-refractivity contribution in [3.05, 3.63) is 59.7 Å². The van der Waals surface area contributed by atoms with Crippen LogP contribution in [-0.2, 0) is 19.1 Å². The Bertz CT molecular complexity index is 1050.